The van der Waals surface area contributed by atoms with Gasteiger partial charge >= 0.3 is 0 Å². The Kier molecular flexibility index (Phi) is 3.63. The fourth-order valence-corrected chi connectivity index (χ4v) is 4.98. The van der Waals surface area contributed by atoms with E-state index in [2.05, 4.69) is 64.1 Å². The first-order chi connectivity index (χ1) is 11.5. The fraction of sp³-hybridized carbons (Fsp3) is 0.435. The summed E-state index contributed by atoms with van der Waals surface area (Å²) in [6.07, 6.45) is 2.07. The molecule has 0 aromatic heterocycles. The predicted molar refractivity (Wildman–Crippen MR) is 98.6 cm³/mol. The molecule has 0 fully saturated rings. The molecule has 0 spiro atoms. The van der Waals surface area contributed by atoms with Crippen molar-refractivity contribution in [1.29, 1.82) is 0 Å². The molecule has 0 aliphatic heterocycles. The average molecular weight is 318 g/mol. The molecule has 0 heterocycles. The molecule has 1 heteroatoms. The zero-order chi connectivity index (χ0) is 17.0. The van der Waals surface area contributed by atoms with Crippen molar-refractivity contribution in [3.63, 3.8) is 0 Å². The van der Waals surface area contributed by atoms with Gasteiger partial charge in [0, 0.05) is 11.8 Å². The Bertz CT molecular complexity index is 749. The van der Waals surface area contributed by atoms with Crippen molar-refractivity contribution >= 4 is 5.78 Å². The summed E-state index contributed by atoms with van der Waals surface area (Å²) in [5.41, 5.74) is 7.86. The summed E-state index contributed by atoms with van der Waals surface area (Å²) in [7, 11) is 0. The van der Waals surface area contributed by atoms with Crippen LogP contribution in [-0.2, 0) is 17.6 Å². The third kappa shape index (κ3) is 2.33. The Balaban J connectivity index is 1.76. The smallest absolute Gasteiger partial charge is 0.148 e. The van der Waals surface area contributed by atoms with Crippen LogP contribution in [-0.4, -0.2) is 5.78 Å². The molecule has 0 saturated heterocycles. The van der Waals surface area contributed by atoms with Crippen LogP contribution >= 0.6 is 0 Å². The number of rotatable bonds is 2. The second-order valence-electron chi connectivity index (χ2n) is 8.13. The van der Waals surface area contributed by atoms with Crippen molar-refractivity contribution in [2.45, 2.75) is 52.4 Å². The van der Waals surface area contributed by atoms with Crippen LogP contribution < -0.4 is 0 Å². The standard InChI is InChI=1S/C23H26O/c1-13-5-7-17-11-15(3)21(19(17)9-13)23(24)22-16(4)12-18-8-6-14(2)10-20(18)22/h5-10,15-16,21-22H,11-12H2,1-4H3. The second kappa shape index (κ2) is 5.58. The SMILES string of the molecule is Cc1ccc2c(c1)C(C(=O)C1c3cc(C)ccc3CC1C)C(C)C2. The number of hydrogen-bond donors (Lipinski definition) is 0. The molecular weight excluding hydrogens is 292 g/mol. The van der Waals surface area contributed by atoms with Gasteiger partial charge in [0.05, 0.1) is 0 Å². The van der Waals surface area contributed by atoms with Gasteiger partial charge in [0.25, 0.3) is 0 Å². The van der Waals surface area contributed by atoms with Crippen molar-refractivity contribution in [3.8, 4) is 0 Å². The third-order valence-corrected chi connectivity index (χ3v) is 6.11. The molecule has 0 bridgehead atoms. The van der Waals surface area contributed by atoms with E-state index in [1.54, 1.807) is 0 Å². The van der Waals surface area contributed by atoms with Crippen LogP contribution in [0, 0.1) is 25.7 Å². The van der Waals surface area contributed by atoms with Gasteiger partial charge in [0.2, 0.25) is 0 Å². The zero-order valence-corrected chi connectivity index (χ0v) is 15.1. The molecule has 2 aliphatic carbocycles. The summed E-state index contributed by atoms with van der Waals surface area (Å²) >= 11 is 0. The van der Waals surface area contributed by atoms with Crippen LogP contribution in [0.3, 0.4) is 0 Å². The molecule has 2 aliphatic rings. The minimum Gasteiger partial charge on any atom is -0.298 e. The molecule has 0 saturated carbocycles. The predicted octanol–water partition coefficient (Wildman–Crippen LogP) is 5.12. The Morgan fingerprint density at radius 2 is 1.21 bits per heavy atom. The number of hydrogen-bond acceptors (Lipinski definition) is 1. The minimum atomic E-state index is 0.0683. The second-order valence-corrected chi connectivity index (χ2v) is 8.13. The van der Waals surface area contributed by atoms with Crippen molar-refractivity contribution in [2.24, 2.45) is 11.8 Å². The van der Waals surface area contributed by atoms with Crippen molar-refractivity contribution < 1.29 is 4.79 Å². The van der Waals surface area contributed by atoms with E-state index in [0.29, 0.717) is 17.6 Å². The molecule has 4 atom stereocenters. The van der Waals surface area contributed by atoms with Gasteiger partial charge in [-0.3, -0.25) is 4.79 Å². The molecule has 4 rings (SSSR count). The first-order valence-electron chi connectivity index (χ1n) is 9.18. The largest absolute Gasteiger partial charge is 0.298 e. The molecule has 0 N–H and O–H groups in total. The van der Waals surface area contributed by atoms with Crippen LogP contribution in [0.4, 0.5) is 0 Å². The monoisotopic (exact) mass is 318 g/mol. The fourth-order valence-electron chi connectivity index (χ4n) is 4.98. The van der Waals surface area contributed by atoms with E-state index >= 15 is 0 Å². The third-order valence-electron chi connectivity index (χ3n) is 6.11. The van der Waals surface area contributed by atoms with Gasteiger partial charge in [0.1, 0.15) is 5.78 Å². The van der Waals surface area contributed by atoms with Gasteiger partial charge in [-0.15, -0.1) is 0 Å². The van der Waals surface area contributed by atoms with E-state index < -0.39 is 0 Å². The van der Waals surface area contributed by atoms with Gasteiger partial charge < -0.3 is 0 Å². The molecule has 24 heavy (non-hydrogen) atoms. The highest BCUT2D eigenvalue weighted by atomic mass is 16.1. The summed E-state index contributed by atoms with van der Waals surface area (Å²) in [6, 6.07) is 13.3. The Labute approximate surface area is 145 Å². The van der Waals surface area contributed by atoms with E-state index in [-0.39, 0.29) is 11.8 Å². The minimum absolute atomic E-state index is 0.0683. The molecule has 1 nitrogen and oxygen atoms in total. The van der Waals surface area contributed by atoms with Crippen LogP contribution in [0.1, 0.15) is 59.1 Å². The maximum absolute atomic E-state index is 13.6. The van der Waals surface area contributed by atoms with Crippen molar-refractivity contribution in [1.82, 2.24) is 0 Å². The normalized spacial score (nSPS) is 27.8. The highest BCUT2D eigenvalue weighted by molar-refractivity contribution is 5.94. The molecule has 4 unspecified atom stereocenters. The van der Waals surface area contributed by atoms with Crippen LogP contribution in [0.5, 0.6) is 0 Å². The molecule has 0 amide bonds. The summed E-state index contributed by atoms with van der Waals surface area (Å²) in [4.78, 5) is 13.6. The van der Waals surface area contributed by atoms with Gasteiger partial charge in [0.15, 0.2) is 0 Å². The number of ketones is 1. The zero-order valence-electron chi connectivity index (χ0n) is 15.1. The topological polar surface area (TPSA) is 17.1 Å². The Morgan fingerprint density at radius 1 is 0.792 bits per heavy atom. The Hall–Kier alpha value is -1.89. The first kappa shape index (κ1) is 15.6. The molecule has 0 radical (unpaired) electrons. The highest BCUT2D eigenvalue weighted by Crippen LogP contribution is 2.47. The number of carbonyl (C=O) groups excluding carboxylic acids is 1. The number of fused-ring (bicyclic) bond motifs is 2. The molecular formula is C23H26O. The van der Waals surface area contributed by atoms with E-state index in [9.17, 15) is 4.79 Å². The van der Waals surface area contributed by atoms with E-state index in [1.807, 2.05) is 0 Å². The Morgan fingerprint density at radius 3 is 1.62 bits per heavy atom. The van der Waals surface area contributed by atoms with E-state index in [0.717, 1.165) is 12.8 Å². The maximum atomic E-state index is 13.6. The van der Waals surface area contributed by atoms with Crippen LogP contribution in [0.25, 0.3) is 0 Å². The lowest BCUT2D eigenvalue weighted by Crippen LogP contribution is -2.25. The van der Waals surface area contributed by atoms with Crippen molar-refractivity contribution in [3.05, 3.63) is 69.8 Å². The summed E-state index contributed by atoms with van der Waals surface area (Å²) < 4.78 is 0. The van der Waals surface area contributed by atoms with Gasteiger partial charge in [-0.25, -0.2) is 0 Å². The lowest BCUT2D eigenvalue weighted by molar-refractivity contribution is -0.123. The quantitative estimate of drug-likeness (QED) is 0.750. The highest BCUT2D eigenvalue weighted by Gasteiger charge is 2.43. The number of benzene rings is 2. The number of aryl methyl sites for hydroxylation is 2. The maximum Gasteiger partial charge on any atom is 0.148 e. The molecule has 2 aromatic carbocycles. The number of carbonyl (C=O) groups is 1. The van der Waals surface area contributed by atoms with Gasteiger partial charge in [-0.2, -0.15) is 0 Å². The summed E-state index contributed by atoms with van der Waals surface area (Å²) in [6.45, 7) is 8.74. The van der Waals surface area contributed by atoms with Gasteiger partial charge in [-0.1, -0.05) is 61.4 Å². The van der Waals surface area contributed by atoms with E-state index in [4.69, 9.17) is 0 Å². The number of Topliss-reactive ketones (excluding diaryl/α,β-unsaturated/α-hetero) is 1. The summed E-state index contributed by atoms with van der Waals surface area (Å²) in [5, 5.41) is 0. The molecule has 2 aromatic rings. The lowest BCUT2D eigenvalue weighted by Gasteiger charge is -2.23. The van der Waals surface area contributed by atoms with Crippen LogP contribution in [0.2, 0.25) is 0 Å². The molecule has 124 valence electrons. The van der Waals surface area contributed by atoms with Gasteiger partial charge in [-0.05, 0) is 60.8 Å². The van der Waals surface area contributed by atoms with E-state index in [1.165, 1.54) is 33.4 Å². The first-order valence-corrected chi connectivity index (χ1v) is 9.18. The van der Waals surface area contributed by atoms with Crippen molar-refractivity contribution in [2.75, 3.05) is 0 Å². The summed E-state index contributed by atoms with van der Waals surface area (Å²) in [5.74, 6) is 1.41. The van der Waals surface area contributed by atoms with Crippen LogP contribution in [0.15, 0.2) is 36.4 Å². The lowest BCUT2D eigenvalue weighted by atomic mass is 9.78. The average Bonchev–Trinajstić information content (AvgIpc) is 3.01.